The monoisotopic (exact) mass is 223 g/mol. The van der Waals surface area contributed by atoms with E-state index in [4.69, 9.17) is 10.5 Å². The maximum absolute atomic E-state index is 13.0. The van der Waals surface area contributed by atoms with Crippen LogP contribution >= 0.6 is 0 Å². The van der Waals surface area contributed by atoms with Crippen molar-refractivity contribution in [2.24, 2.45) is 11.7 Å². The van der Waals surface area contributed by atoms with E-state index in [0.717, 1.165) is 24.2 Å². The molecule has 0 saturated heterocycles. The number of nitrogens with two attached hydrogens (primary N) is 1. The van der Waals surface area contributed by atoms with Gasteiger partial charge in [-0.2, -0.15) is 0 Å². The van der Waals surface area contributed by atoms with Crippen LogP contribution in [0.1, 0.15) is 25.8 Å². The standard InChI is InChI=1S/C13H18FNO/c1-8(2)12(15)7-11-6-9-5-10(14)3-4-13(9)16-11/h3-5,8,11-12H,6-7,15H2,1-2H3. The Morgan fingerprint density at radius 2 is 2.25 bits per heavy atom. The van der Waals surface area contributed by atoms with Gasteiger partial charge >= 0.3 is 0 Å². The number of hydrogen-bond donors (Lipinski definition) is 1. The first-order valence-electron chi connectivity index (χ1n) is 5.77. The summed E-state index contributed by atoms with van der Waals surface area (Å²) in [5.74, 6) is 1.06. The van der Waals surface area contributed by atoms with Crippen LogP contribution in [-0.4, -0.2) is 12.1 Å². The minimum Gasteiger partial charge on any atom is -0.490 e. The molecule has 3 heteroatoms. The average Bonchev–Trinajstić information content (AvgIpc) is 2.58. The quantitative estimate of drug-likeness (QED) is 0.854. The fourth-order valence-corrected chi connectivity index (χ4v) is 2.00. The topological polar surface area (TPSA) is 35.2 Å². The Morgan fingerprint density at radius 3 is 2.94 bits per heavy atom. The van der Waals surface area contributed by atoms with E-state index in [1.165, 1.54) is 6.07 Å². The second kappa shape index (κ2) is 4.42. The van der Waals surface area contributed by atoms with Gasteiger partial charge in [-0.1, -0.05) is 13.8 Å². The summed E-state index contributed by atoms with van der Waals surface area (Å²) in [6.45, 7) is 4.21. The maximum Gasteiger partial charge on any atom is 0.123 e. The fourth-order valence-electron chi connectivity index (χ4n) is 2.00. The molecule has 0 bridgehead atoms. The van der Waals surface area contributed by atoms with Crippen LogP contribution < -0.4 is 10.5 Å². The Hall–Kier alpha value is -1.09. The SMILES string of the molecule is CC(C)C(N)CC1Cc2cc(F)ccc2O1. The van der Waals surface area contributed by atoms with Crippen molar-refractivity contribution in [3.63, 3.8) is 0 Å². The lowest BCUT2D eigenvalue weighted by Gasteiger charge is -2.19. The van der Waals surface area contributed by atoms with E-state index >= 15 is 0 Å². The van der Waals surface area contributed by atoms with Gasteiger partial charge in [0.15, 0.2) is 0 Å². The number of rotatable bonds is 3. The van der Waals surface area contributed by atoms with E-state index in [1.54, 1.807) is 12.1 Å². The first-order valence-corrected chi connectivity index (χ1v) is 5.77. The van der Waals surface area contributed by atoms with Crippen LogP contribution in [0.25, 0.3) is 0 Å². The highest BCUT2D eigenvalue weighted by Crippen LogP contribution is 2.31. The zero-order valence-electron chi connectivity index (χ0n) is 9.74. The van der Waals surface area contributed by atoms with Gasteiger partial charge in [0.25, 0.3) is 0 Å². The number of benzene rings is 1. The normalized spacial score (nSPS) is 20.7. The number of hydrogen-bond acceptors (Lipinski definition) is 2. The summed E-state index contributed by atoms with van der Waals surface area (Å²) in [6.07, 6.45) is 1.70. The van der Waals surface area contributed by atoms with E-state index in [-0.39, 0.29) is 18.0 Å². The third kappa shape index (κ3) is 2.35. The first-order chi connectivity index (χ1) is 7.56. The number of ether oxygens (including phenoxy) is 1. The molecule has 1 heterocycles. The van der Waals surface area contributed by atoms with Gasteiger partial charge in [0.05, 0.1) is 0 Å². The van der Waals surface area contributed by atoms with Gasteiger partial charge in [-0.25, -0.2) is 4.39 Å². The lowest BCUT2D eigenvalue weighted by atomic mass is 9.97. The molecule has 2 N–H and O–H groups in total. The van der Waals surface area contributed by atoms with Crippen molar-refractivity contribution in [3.8, 4) is 5.75 Å². The van der Waals surface area contributed by atoms with Crippen LogP contribution in [-0.2, 0) is 6.42 Å². The highest BCUT2D eigenvalue weighted by atomic mass is 19.1. The Balaban J connectivity index is 2.00. The summed E-state index contributed by atoms with van der Waals surface area (Å²) < 4.78 is 18.7. The van der Waals surface area contributed by atoms with Crippen molar-refractivity contribution in [2.75, 3.05) is 0 Å². The summed E-state index contributed by atoms with van der Waals surface area (Å²) in [5, 5.41) is 0. The highest BCUT2D eigenvalue weighted by molar-refractivity contribution is 5.37. The van der Waals surface area contributed by atoms with Crippen LogP contribution in [0.2, 0.25) is 0 Å². The second-order valence-electron chi connectivity index (χ2n) is 4.84. The molecule has 88 valence electrons. The van der Waals surface area contributed by atoms with Crippen LogP contribution in [0.15, 0.2) is 18.2 Å². The van der Waals surface area contributed by atoms with Gasteiger partial charge in [0.1, 0.15) is 17.7 Å². The summed E-state index contributed by atoms with van der Waals surface area (Å²) in [5.41, 5.74) is 6.97. The smallest absolute Gasteiger partial charge is 0.123 e. The molecule has 1 aromatic carbocycles. The number of fused-ring (bicyclic) bond motifs is 1. The molecule has 0 aromatic heterocycles. The summed E-state index contributed by atoms with van der Waals surface area (Å²) in [4.78, 5) is 0. The molecule has 0 saturated carbocycles. The molecule has 0 amide bonds. The predicted molar refractivity (Wildman–Crippen MR) is 62.0 cm³/mol. The van der Waals surface area contributed by atoms with E-state index < -0.39 is 0 Å². The molecule has 2 nitrogen and oxygen atoms in total. The van der Waals surface area contributed by atoms with Crippen molar-refractivity contribution in [3.05, 3.63) is 29.6 Å². The van der Waals surface area contributed by atoms with Gasteiger partial charge < -0.3 is 10.5 Å². The van der Waals surface area contributed by atoms with Gasteiger partial charge in [0.2, 0.25) is 0 Å². The second-order valence-corrected chi connectivity index (χ2v) is 4.84. The summed E-state index contributed by atoms with van der Waals surface area (Å²) in [7, 11) is 0. The molecule has 16 heavy (non-hydrogen) atoms. The minimum atomic E-state index is -0.198. The van der Waals surface area contributed by atoms with Crippen LogP contribution in [0.5, 0.6) is 5.75 Å². The predicted octanol–water partition coefficient (Wildman–Crippen LogP) is 2.50. The van der Waals surface area contributed by atoms with Gasteiger partial charge in [-0.15, -0.1) is 0 Å². The third-order valence-corrected chi connectivity index (χ3v) is 3.16. The van der Waals surface area contributed by atoms with Gasteiger partial charge in [-0.3, -0.25) is 0 Å². The summed E-state index contributed by atoms with van der Waals surface area (Å²) in [6, 6.07) is 4.83. The Kier molecular flexibility index (Phi) is 3.15. The first kappa shape index (κ1) is 11.4. The van der Waals surface area contributed by atoms with Crippen molar-refractivity contribution in [2.45, 2.75) is 38.8 Å². The van der Waals surface area contributed by atoms with Crippen LogP contribution in [0.4, 0.5) is 4.39 Å². The third-order valence-electron chi connectivity index (χ3n) is 3.16. The molecule has 0 aliphatic carbocycles. The molecule has 2 atom stereocenters. The van der Waals surface area contributed by atoms with Crippen molar-refractivity contribution in [1.82, 2.24) is 0 Å². The average molecular weight is 223 g/mol. The molecular formula is C13H18FNO. The zero-order valence-corrected chi connectivity index (χ0v) is 9.74. The summed E-state index contributed by atoms with van der Waals surface area (Å²) >= 11 is 0. The Labute approximate surface area is 95.6 Å². The molecule has 2 unspecified atom stereocenters. The van der Waals surface area contributed by atoms with E-state index in [9.17, 15) is 4.39 Å². The van der Waals surface area contributed by atoms with Gasteiger partial charge in [0, 0.05) is 18.0 Å². The van der Waals surface area contributed by atoms with Crippen molar-refractivity contribution >= 4 is 0 Å². The van der Waals surface area contributed by atoms with Crippen LogP contribution in [0.3, 0.4) is 0 Å². The van der Waals surface area contributed by atoms with E-state index in [0.29, 0.717) is 5.92 Å². The largest absolute Gasteiger partial charge is 0.490 e. The molecule has 0 fully saturated rings. The molecule has 2 rings (SSSR count). The maximum atomic E-state index is 13.0. The Bertz CT molecular complexity index is 378. The lowest BCUT2D eigenvalue weighted by Crippen LogP contribution is -2.32. The molecule has 1 aromatic rings. The molecule has 0 spiro atoms. The Morgan fingerprint density at radius 1 is 1.50 bits per heavy atom. The zero-order chi connectivity index (χ0) is 11.7. The molecule has 1 aliphatic heterocycles. The van der Waals surface area contributed by atoms with E-state index in [2.05, 4.69) is 13.8 Å². The fraction of sp³-hybridized carbons (Fsp3) is 0.538. The molecule has 0 radical (unpaired) electrons. The minimum absolute atomic E-state index is 0.106. The van der Waals surface area contributed by atoms with Crippen molar-refractivity contribution < 1.29 is 9.13 Å². The molecular weight excluding hydrogens is 205 g/mol. The number of halogens is 1. The van der Waals surface area contributed by atoms with E-state index in [1.807, 2.05) is 0 Å². The van der Waals surface area contributed by atoms with Crippen molar-refractivity contribution in [1.29, 1.82) is 0 Å². The van der Waals surface area contributed by atoms with Crippen LogP contribution in [0, 0.1) is 11.7 Å². The van der Waals surface area contributed by atoms with Gasteiger partial charge in [-0.05, 0) is 30.5 Å². The lowest BCUT2D eigenvalue weighted by molar-refractivity contribution is 0.199. The highest BCUT2D eigenvalue weighted by Gasteiger charge is 2.25. The molecule has 1 aliphatic rings.